The lowest BCUT2D eigenvalue weighted by Gasteiger charge is -2.71. The molecule has 0 aromatic carbocycles. The predicted octanol–water partition coefficient (Wildman–Crippen LogP) is 6.53. The largest absolute Gasteiger partial charge is 0.481 e. The summed E-state index contributed by atoms with van der Waals surface area (Å²) in [6.45, 7) is 26.3. The minimum atomic E-state index is -0.634. The molecule has 0 amide bonds. The number of fused-ring (bicyclic) bond motifs is 3. The van der Waals surface area contributed by atoms with Gasteiger partial charge in [-0.2, -0.15) is 4.80 Å². The van der Waals surface area contributed by atoms with E-state index < -0.39 is 17.4 Å². The van der Waals surface area contributed by atoms with Gasteiger partial charge in [0.05, 0.1) is 31.8 Å². The van der Waals surface area contributed by atoms with Crippen molar-refractivity contribution < 1.29 is 19.4 Å². The minimum Gasteiger partial charge on any atom is -0.481 e. The fourth-order valence-electron chi connectivity index (χ4n) is 12.0. The average Bonchev–Trinajstić information content (AvgIpc) is 3.41. The molecule has 4 fully saturated rings. The molecule has 6 rings (SSSR count). The van der Waals surface area contributed by atoms with Gasteiger partial charge in [-0.15, -0.1) is 5.10 Å². The van der Waals surface area contributed by atoms with Crippen LogP contribution in [0.2, 0.25) is 0 Å². The molecule has 5 aliphatic rings. The molecule has 12 atom stereocenters. The number of ether oxygens (including phenoxy) is 2. The lowest BCUT2D eigenvalue weighted by Crippen LogP contribution is -2.69. The highest BCUT2D eigenvalue weighted by Crippen LogP contribution is 2.75. The Hall–Kier alpha value is -2.04. The summed E-state index contributed by atoms with van der Waals surface area (Å²) >= 11 is 0. The number of carboxylic acid groups (broad SMARTS) is 1. The smallest absolute Gasteiger partial charge is 0.307 e. The van der Waals surface area contributed by atoms with Gasteiger partial charge in [-0.25, -0.2) is 0 Å². The minimum absolute atomic E-state index is 0.153. The zero-order chi connectivity index (χ0) is 35.5. The molecule has 1 aromatic rings. The van der Waals surface area contributed by atoms with Crippen LogP contribution in [0.3, 0.4) is 0 Å². The molecular formula is C38H64N6O4. The normalized spacial score (nSPS) is 44.5. The molecule has 0 spiro atoms. The molecule has 3 saturated carbocycles. The second kappa shape index (κ2) is 11.2. The van der Waals surface area contributed by atoms with Crippen LogP contribution in [0.5, 0.6) is 0 Å². The van der Waals surface area contributed by atoms with Crippen LogP contribution >= 0.6 is 0 Å². The number of aliphatic carboxylic acids is 1. The van der Waals surface area contributed by atoms with Crippen molar-refractivity contribution in [3.8, 4) is 0 Å². The molecule has 48 heavy (non-hydrogen) atoms. The fourth-order valence-corrected chi connectivity index (χ4v) is 12.0. The van der Waals surface area contributed by atoms with Crippen LogP contribution in [-0.4, -0.2) is 62.7 Å². The number of nitrogens with two attached hydrogens (primary N) is 2. The number of aromatic nitrogens is 4. The predicted molar refractivity (Wildman–Crippen MR) is 187 cm³/mol. The summed E-state index contributed by atoms with van der Waals surface area (Å²) in [7, 11) is 0. The highest BCUT2D eigenvalue weighted by molar-refractivity contribution is 5.73. The molecular weight excluding hydrogens is 604 g/mol. The summed E-state index contributed by atoms with van der Waals surface area (Å²) in [5.74, 6) is 0.430. The number of hydrogen-bond donors (Lipinski definition) is 3. The van der Waals surface area contributed by atoms with Crippen LogP contribution in [0, 0.1) is 62.1 Å². The fraction of sp³-hybridized carbons (Fsp3) is 0.895. The Bertz CT molecular complexity index is 1450. The zero-order valence-corrected chi connectivity index (χ0v) is 31.6. The van der Waals surface area contributed by atoms with Gasteiger partial charge in [0.2, 0.25) is 0 Å². The number of rotatable bonds is 7. The Labute approximate surface area is 288 Å². The number of tetrazole rings is 1. The monoisotopic (exact) mass is 668 g/mol. The first-order valence-electron chi connectivity index (χ1n) is 18.6. The number of nitrogens with zero attached hydrogens (tertiary/aromatic N) is 4. The second-order valence-corrected chi connectivity index (χ2v) is 19.5. The molecule has 1 aliphatic heterocycles. The van der Waals surface area contributed by atoms with Crippen LogP contribution in [0.15, 0.2) is 11.6 Å². The maximum Gasteiger partial charge on any atom is 0.307 e. The molecule has 2 bridgehead atoms. The SMILES string of the molecule is CC(C)[C@@H](C)[C@@]1(C)CC[C@]2(C)[C@H]3CC[C@@H]4[C@@]5(COC[C@]4(C)[C@@H](OC[C@](C)(N)C(C)(C)C)[C@H](n4nnc(N)n4)C5)C3=CC[C@@]2(C)[C@@H]1C(=O)O. The van der Waals surface area contributed by atoms with Crippen molar-refractivity contribution in [1.82, 2.24) is 20.2 Å². The average molecular weight is 669 g/mol. The van der Waals surface area contributed by atoms with Crippen LogP contribution in [0.25, 0.3) is 0 Å². The number of carbonyl (C=O) groups is 1. The summed E-state index contributed by atoms with van der Waals surface area (Å²) in [6.07, 6.45) is 7.79. The van der Waals surface area contributed by atoms with E-state index in [1.54, 1.807) is 4.80 Å². The van der Waals surface area contributed by atoms with Crippen LogP contribution < -0.4 is 11.5 Å². The molecule has 10 heteroatoms. The van der Waals surface area contributed by atoms with Crippen molar-refractivity contribution in [3.63, 3.8) is 0 Å². The Balaban J connectivity index is 1.44. The third-order valence-corrected chi connectivity index (χ3v) is 16.1. The van der Waals surface area contributed by atoms with E-state index in [1.165, 1.54) is 5.57 Å². The van der Waals surface area contributed by atoms with Crippen molar-refractivity contribution in [2.75, 3.05) is 25.6 Å². The lowest BCUT2D eigenvalue weighted by atomic mass is 9.34. The first kappa shape index (κ1) is 35.8. The van der Waals surface area contributed by atoms with Gasteiger partial charge in [0.25, 0.3) is 5.95 Å². The van der Waals surface area contributed by atoms with Crippen LogP contribution in [0.1, 0.15) is 121 Å². The van der Waals surface area contributed by atoms with E-state index in [4.69, 9.17) is 20.9 Å². The van der Waals surface area contributed by atoms with Gasteiger partial charge in [0.1, 0.15) is 6.04 Å². The van der Waals surface area contributed by atoms with Gasteiger partial charge in [-0.05, 0) is 96.0 Å². The maximum atomic E-state index is 13.4. The summed E-state index contributed by atoms with van der Waals surface area (Å²) < 4.78 is 13.7. The second-order valence-electron chi connectivity index (χ2n) is 19.5. The first-order chi connectivity index (χ1) is 22.1. The van der Waals surface area contributed by atoms with Gasteiger partial charge in [0, 0.05) is 16.4 Å². The molecule has 2 heterocycles. The number of anilines is 1. The molecule has 10 nitrogen and oxygen atoms in total. The van der Waals surface area contributed by atoms with Crippen molar-refractivity contribution in [3.05, 3.63) is 11.6 Å². The van der Waals surface area contributed by atoms with E-state index >= 15 is 0 Å². The number of nitrogen functional groups attached to an aromatic ring is 1. The molecule has 270 valence electrons. The summed E-state index contributed by atoms with van der Waals surface area (Å²) in [4.78, 5) is 15.1. The van der Waals surface area contributed by atoms with Crippen LogP contribution in [0.4, 0.5) is 5.95 Å². The van der Waals surface area contributed by atoms with Crippen molar-refractivity contribution in [2.45, 2.75) is 132 Å². The van der Waals surface area contributed by atoms with Gasteiger partial charge >= 0.3 is 5.97 Å². The molecule has 1 aromatic heterocycles. The van der Waals surface area contributed by atoms with Gasteiger partial charge < -0.3 is 26.0 Å². The van der Waals surface area contributed by atoms with E-state index in [-0.39, 0.29) is 56.5 Å². The number of allylic oxidation sites excluding steroid dienone is 1. The molecule has 1 saturated heterocycles. The van der Waals surface area contributed by atoms with E-state index in [0.29, 0.717) is 37.6 Å². The van der Waals surface area contributed by atoms with E-state index in [1.807, 2.05) is 0 Å². The van der Waals surface area contributed by atoms with Gasteiger partial charge in [0.15, 0.2) is 0 Å². The first-order valence-corrected chi connectivity index (χ1v) is 18.6. The van der Waals surface area contributed by atoms with E-state index in [2.05, 4.69) is 97.6 Å². The van der Waals surface area contributed by atoms with Crippen molar-refractivity contribution in [1.29, 1.82) is 0 Å². The number of hydrogen-bond acceptors (Lipinski definition) is 8. The molecule has 0 unspecified atom stereocenters. The lowest BCUT2D eigenvalue weighted by molar-refractivity contribution is -0.254. The standard InChI is InChI=1S/C38H64N6O4/c1-22(2)23(3)33(7)16-17-35(9)24-12-13-27-34(8)19-47-21-38(27,25(24)14-15-36(35,10)28(33)30(45)46)18-26(44-42-31(39)41-43-44)29(34)48-20-37(11,40)32(4,5)6/h14,22-24,26-29H,12-13,15-21,40H2,1-11H3,(H2,39,42)(H,45,46)/t23-,24+,26-,27+,28-,29+,33-,34+,35-,36+,37+,38+/m1/s1. The van der Waals surface area contributed by atoms with Crippen LogP contribution in [-0.2, 0) is 14.3 Å². The zero-order valence-electron chi connectivity index (χ0n) is 31.6. The summed E-state index contributed by atoms with van der Waals surface area (Å²) in [5.41, 5.74) is 12.3. The van der Waals surface area contributed by atoms with Crippen molar-refractivity contribution in [2.24, 2.45) is 67.8 Å². The molecule has 4 aliphatic carbocycles. The molecule has 5 N–H and O–H groups in total. The summed E-state index contributed by atoms with van der Waals surface area (Å²) in [5, 5.41) is 24.2. The Kier molecular flexibility index (Phi) is 8.37. The number of carboxylic acids is 1. The third kappa shape index (κ3) is 4.80. The van der Waals surface area contributed by atoms with Crippen molar-refractivity contribution >= 4 is 11.9 Å². The highest BCUT2D eigenvalue weighted by atomic mass is 16.5. The summed E-state index contributed by atoms with van der Waals surface area (Å²) in [6, 6.07) is -0.204. The third-order valence-electron chi connectivity index (χ3n) is 16.1. The Morgan fingerprint density at radius 1 is 1.10 bits per heavy atom. The Morgan fingerprint density at radius 2 is 1.79 bits per heavy atom. The quantitative estimate of drug-likeness (QED) is 0.275. The maximum absolute atomic E-state index is 13.4. The van der Waals surface area contributed by atoms with E-state index in [0.717, 1.165) is 38.5 Å². The Morgan fingerprint density at radius 3 is 2.38 bits per heavy atom. The highest BCUT2D eigenvalue weighted by Gasteiger charge is 2.72. The van der Waals surface area contributed by atoms with Gasteiger partial charge in [-0.1, -0.05) is 86.0 Å². The van der Waals surface area contributed by atoms with Gasteiger partial charge in [-0.3, -0.25) is 4.79 Å². The van der Waals surface area contributed by atoms with E-state index in [9.17, 15) is 9.90 Å². The molecule has 0 radical (unpaired) electrons. The topological polar surface area (TPSA) is 151 Å².